The monoisotopic (exact) mass is 240 g/mol. The SMILES string of the molecule is CCN(CC(C)CN)c1cc(SC)ncn1. The van der Waals surface area contributed by atoms with Crippen LogP contribution in [0, 0.1) is 5.92 Å². The van der Waals surface area contributed by atoms with Crippen LogP contribution in [0.3, 0.4) is 0 Å². The van der Waals surface area contributed by atoms with Crippen molar-refractivity contribution < 1.29 is 0 Å². The Kier molecular flexibility index (Phi) is 5.55. The smallest absolute Gasteiger partial charge is 0.133 e. The van der Waals surface area contributed by atoms with Gasteiger partial charge in [-0.05, 0) is 25.6 Å². The molecule has 16 heavy (non-hydrogen) atoms. The van der Waals surface area contributed by atoms with Crippen molar-refractivity contribution in [2.75, 3.05) is 30.8 Å². The van der Waals surface area contributed by atoms with Crippen molar-refractivity contribution in [1.82, 2.24) is 9.97 Å². The lowest BCUT2D eigenvalue weighted by molar-refractivity contribution is 0.572. The zero-order chi connectivity index (χ0) is 12.0. The summed E-state index contributed by atoms with van der Waals surface area (Å²) in [7, 11) is 0. The Bertz CT molecular complexity index is 319. The van der Waals surface area contributed by atoms with Crippen LogP contribution in [-0.2, 0) is 0 Å². The number of hydrogen-bond acceptors (Lipinski definition) is 5. The minimum absolute atomic E-state index is 0.479. The van der Waals surface area contributed by atoms with Gasteiger partial charge in [0.15, 0.2) is 0 Å². The van der Waals surface area contributed by atoms with Crippen LogP contribution < -0.4 is 10.6 Å². The molecule has 0 aromatic carbocycles. The minimum atomic E-state index is 0.479. The fourth-order valence-corrected chi connectivity index (χ4v) is 1.83. The second-order valence-electron chi connectivity index (χ2n) is 3.80. The molecule has 0 saturated carbocycles. The van der Waals surface area contributed by atoms with Crippen LogP contribution in [0.25, 0.3) is 0 Å². The average molecular weight is 240 g/mol. The van der Waals surface area contributed by atoms with Crippen LogP contribution in [0.5, 0.6) is 0 Å². The molecule has 0 aliphatic carbocycles. The Morgan fingerprint density at radius 2 is 2.25 bits per heavy atom. The summed E-state index contributed by atoms with van der Waals surface area (Å²) < 4.78 is 0. The first-order valence-corrected chi connectivity index (χ1v) is 6.74. The van der Waals surface area contributed by atoms with Gasteiger partial charge in [-0.25, -0.2) is 9.97 Å². The highest BCUT2D eigenvalue weighted by Crippen LogP contribution is 2.17. The first-order chi connectivity index (χ1) is 7.71. The van der Waals surface area contributed by atoms with Crippen LogP contribution in [0.15, 0.2) is 17.4 Å². The third kappa shape index (κ3) is 3.64. The highest BCUT2D eigenvalue weighted by Gasteiger charge is 2.10. The van der Waals surface area contributed by atoms with E-state index >= 15 is 0 Å². The molecule has 90 valence electrons. The molecular weight excluding hydrogens is 220 g/mol. The number of anilines is 1. The Balaban J connectivity index is 2.77. The fraction of sp³-hybridized carbons (Fsp3) is 0.636. The number of hydrogen-bond donors (Lipinski definition) is 1. The van der Waals surface area contributed by atoms with E-state index in [0.717, 1.165) is 23.9 Å². The molecule has 0 saturated heterocycles. The Morgan fingerprint density at radius 1 is 1.50 bits per heavy atom. The molecule has 0 aliphatic heterocycles. The average Bonchev–Trinajstić information content (AvgIpc) is 2.35. The number of rotatable bonds is 6. The van der Waals surface area contributed by atoms with Crippen molar-refractivity contribution in [2.45, 2.75) is 18.9 Å². The molecule has 4 nitrogen and oxygen atoms in total. The molecule has 0 aliphatic rings. The second-order valence-corrected chi connectivity index (χ2v) is 4.62. The molecule has 1 aromatic rings. The van der Waals surface area contributed by atoms with E-state index in [9.17, 15) is 0 Å². The maximum Gasteiger partial charge on any atom is 0.133 e. The van der Waals surface area contributed by atoms with Gasteiger partial charge < -0.3 is 10.6 Å². The minimum Gasteiger partial charge on any atom is -0.356 e. The largest absolute Gasteiger partial charge is 0.356 e. The lowest BCUT2D eigenvalue weighted by atomic mass is 10.1. The van der Waals surface area contributed by atoms with Gasteiger partial charge in [0.05, 0.1) is 0 Å². The van der Waals surface area contributed by atoms with Gasteiger partial charge in [0.1, 0.15) is 17.2 Å². The van der Waals surface area contributed by atoms with Crippen molar-refractivity contribution in [3.8, 4) is 0 Å². The Hall–Kier alpha value is -0.810. The normalized spacial score (nSPS) is 12.5. The molecule has 1 aromatic heterocycles. The maximum atomic E-state index is 5.65. The topological polar surface area (TPSA) is 55.0 Å². The summed E-state index contributed by atoms with van der Waals surface area (Å²) in [5.41, 5.74) is 5.65. The van der Waals surface area contributed by atoms with E-state index in [0.29, 0.717) is 12.5 Å². The Morgan fingerprint density at radius 3 is 2.81 bits per heavy atom. The van der Waals surface area contributed by atoms with Crippen molar-refractivity contribution in [3.05, 3.63) is 12.4 Å². The maximum absolute atomic E-state index is 5.65. The van der Waals surface area contributed by atoms with E-state index in [2.05, 4.69) is 28.7 Å². The summed E-state index contributed by atoms with van der Waals surface area (Å²) in [6.45, 7) is 6.87. The van der Waals surface area contributed by atoms with Crippen LogP contribution in [0.1, 0.15) is 13.8 Å². The zero-order valence-electron chi connectivity index (χ0n) is 10.2. The number of nitrogens with zero attached hydrogens (tertiary/aromatic N) is 3. The summed E-state index contributed by atoms with van der Waals surface area (Å²) in [5, 5.41) is 1.00. The predicted molar refractivity (Wildman–Crippen MR) is 69.9 cm³/mol. The third-order valence-corrected chi connectivity index (χ3v) is 3.12. The predicted octanol–water partition coefficient (Wildman–Crippen LogP) is 1.62. The van der Waals surface area contributed by atoms with Gasteiger partial charge in [-0.1, -0.05) is 6.92 Å². The quantitative estimate of drug-likeness (QED) is 0.605. The molecule has 0 radical (unpaired) electrons. The van der Waals surface area contributed by atoms with Crippen LogP contribution in [0.4, 0.5) is 5.82 Å². The van der Waals surface area contributed by atoms with Gasteiger partial charge >= 0.3 is 0 Å². The molecule has 5 heteroatoms. The highest BCUT2D eigenvalue weighted by atomic mass is 32.2. The van der Waals surface area contributed by atoms with E-state index < -0.39 is 0 Å². The van der Waals surface area contributed by atoms with Gasteiger partial charge in [0.2, 0.25) is 0 Å². The molecular formula is C11H20N4S. The summed E-state index contributed by atoms with van der Waals surface area (Å²) >= 11 is 1.63. The van der Waals surface area contributed by atoms with Crippen molar-refractivity contribution in [2.24, 2.45) is 11.7 Å². The number of thioether (sulfide) groups is 1. The van der Waals surface area contributed by atoms with Crippen LogP contribution in [0.2, 0.25) is 0 Å². The number of aromatic nitrogens is 2. The first-order valence-electron chi connectivity index (χ1n) is 5.52. The molecule has 0 spiro atoms. The summed E-state index contributed by atoms with van der Waals surface area (Å²) in [5.74, 6) is 1.47. The van der Waals surface area contributed by atoms with Gasteiger partial charge in [-0.2, -0.15) is 0 Å². The zero-order valence-corrected chi connectivity index (χ0v) is 11.0. The molecule has 2 N–H and O–H groups in total. The van der Waals surface area contributed by atoms with Crippen molar-refractivity contribution in [1.29, 1.82) is 0 Å². The second kappa shape index (κ2) is 6.70. The summed E-state index contributed by atoms with van der Waals surface area (Å²) in [6.07, 6.45) is 3.64. The first kappa shape index (κ1) is 13.3. The van der Waals surface area contributed by atoms with E-state index in [1.54, 1.807) is 18.1 Å². The van der Waals surface area contributed by atoms with Gasteiger partial charge in [-0.15, -0.1) is 11.8 Å². The lowest BCUT2D eigenvalue weighted by Gasteiger charge is -2.24. The van der Waals surface area contributed by atoms with E-state index in [-0.39, 0.29) is 0 Å². The van der Waals surface area contributed by atoms with Crippen LogP contribution in [-0.4, -0.2) is 35.9 Å². The fourth-order valence-electron chi connectivity index (χ4n) is 1.45. The van der Waals surface area contributed by atoms with Gasteiger partial charge in [0.25, 0.3) is 0 Å². The molecule has 1 rings (SSSR count). The van der Waals surface area contributed by atoms with Crippen LogP contribution >= 0.6 is 11.8 Å². The summed E-state index contributed by atoms with van der Waals surface area (Å²) in [4.78, 5) is 10.7. The standard InChI is InChI=1S/C11H20N4S/c1-4-15(7-9(2)6-12)10-5-11(16-3)14-8-13-10/h5,8-9H,4,6-7,12H2,1-3H3. The number of nitrogens with two attached hydrogens (primary N) is 1. The molecule has 0 bridgehead atoms. The van der Waals surface area contributed by atoms with E-state index in [4.69, 9.17) is 5.73 Å². The van der Waals surface area contributed by atoms with Gasteiger partial charge in [-0.3, -0.25) is 0 Å². The molecule has 0 amide bonds. The Labute approximate surface area is 102 Å². The van der Waals surface area contributed by atoms with Crippen molar-refractivity contribution in [3.63, 3.8) is 0 Å². The van der Waals surface area contributed by atoms with Gasteiger partial charge in [0, 0.05) is 19.2 Å². The third-order valence-electron chi connectivity index (χ3n) is 2.48. The molecule has 0 fully saturated rings. The molecule has 1 unspecified atom stereocenters. The van der Waals surface area contributed by atoms with Crippen molar-refractivity contribution >= 4 is 17.6 Å². The highest BCUT2D eigenvalue weighted by molar-refractivity contribution is 7.98. The molecule has 1 heterocycles. The molecule has 1 atom stereocenters. The van der Waals surface area contributed by atoms with E-state index in [1.165, 1.54) is 0 Å². The van der Waals surface area contributed by atoms with E-state index in [1.807, 2.05) is 12.3 Å². The summed E-state index contributed by atoms with van der Waals surface area (Å²) in [6, 6.07) is 2.03. The lowest BCUT2D eigenvalue weighted by Crippen LogP contribution is -2.32.